The number of nitrogens with one attached hydrogen (secondary N) is 2. The summed E-state index contributed by atoms with van der Waals surface area (Å²) in [5.74, 6) is -1.02. The molecule has 0 spiro atoms. The van der Waals surface area contributed by atoms with Crippen molar-refractivity contribution in [1.82, 2.24) is 15.2 Å². The summed E-state index contributed by atoms with van der Waals surface area (Å²) in [6.45, 7) is 3.39. The highest BCUT2D eigenvalue weighted by Gasteiger charge is 2.23. The molecule has 2 amide bonds. The standard InChI is InChI=1S/C26H27N3O4/c1-2-27-25(31)21-16-29(15-18-8-4-3-5-9-18)17-22(24(21)30)26(32)28-14-23-20-11-7-6-10-19(20)12-13-33-23/h3-11,16-17,23H,2,12-15H2,1H3,(H,27,31)(H,28,32). The molecule has 7 heteroatoms. The molecular weight excluding hydrogens is 418 g/mol. The number of nitrogens with zero attached hydrogens (tertiary/aromatic N) is 1. The maximum absolute atomic E-state index is 13.0. The summed E-state index contributed by atoms with van der Waals surface area (Å²) >= 11 is 0. The van der Waals surface area contributed by atoms with Gasteiger partial charge in [-0.05, 0) is 30.0 Å². The van der Waals surface area contributed by atoms with Gasteiger partial charge in [0.15, 0.2) is 0 Å². The molecule has 3 aromatic rings. The second-order valence-electron chi connectivity index (χ2n) is 7.95. The molecule has 0 fully saturated rings. The molecule has 0 radical (unpaired) electrons. The van der Waals surface area contributed by atoms with E-state index in [4.69, 9.17) is 4.74 Å². The quantitative estimate of drug-likeness (QED) is 0.585. The Labute approximate surface area is 192 Å². The first kappa shape index (κ1) is 22.5. The molecule has 170 valence electrons. The van der Waals surface area contributed by atoms with Crippen molar-refractivity contribution >= 4 is 11.8 Å². The third-order valence-corrected chi connectivity index (χ3v) is 5.65. The summed E-state index contributed by atoms with van der Waals surface area (Å²) in [6.07, 6.45) is 3.55. The maximum atomic E-state index is 13.0. The van der Waals surface area contributed by atoms with Crippen LogP contribution in [0.4, 0.5) is 0 Å². The molecule has 2 aromatic carbocycles. The van der Waals surface area contributed by atoms with Crippen LogP contribution >= 0.6 is 0 Å². The van der Waals surface area contributed by atoms with E-state index in [-0.39, 0.29) is 23.8 Å². The number of hydrogen-bond acceptors (Lipinski definition) is 4. The Hall–Kier alpha value is -3.71. The summed E-state index contributed by atoms with van der Waals surface area (Å²) in [5, 5.41) is 5.48. The summed E-state index contributed by atoms with van der Waals surface area (Å²) in [5.41, 5.74) is 2.51. The number of amides is 2. The number of pyridine rings is 1. The van der Waals surface area contributed by atoms with Crippen molar-refractivity contribution < 1.29 is 14.3 Å². The molecule has 1 unspecified atom stereocenters. The van der Waals surface area contributed by atoms with Crippen LogP contribution in [0, 0.1) is 0 Å². The minimum absolute atomic E-state index is 0.0558. The zero-order valence-corrected chi connectivity index (χ0v) is 18.5. The second kappa shape index (κ2) is 10.3. The predicted molar refractivity (Wildman–Crippen MR) is 125 cm³/mol. The molecule has 0 bridgehead atoms. The Morgan fingerprint density at radius 2 is 1.64 bits per heavy atom. The van der Waals surface area contributed by atoms with Gasteiger partial charge in [0.2, 0.25) is 5.43 Å². The average Bonchev–Trinajstić information content (AvgIpc) is 2.84. The van der Waals surface area contributed by atoms with Gasteiger partial charge in [0.05, 0.1) is 6.61 Å². The van der Waals surface area contributed by atoms with E-state index in [9.17, 15) is 14.4 Å². The van der Waals surface area contributed by atoms with Crippen LogP contribution in [-0.2, 0) is 17.7 Å². The van der Waals surface area contributed by atoms with Crippen molar-refractivity contribution in [2.75, 3.05) is 19.7 Å². The fourth-order valence-electron chi connectivity index (χ4n) is 4.02. The largest absolute Gasteiger partial charge is 0.371 e. The van der Waals surface area contributed by atoms with Gasteiger partial charge in [-0.2, -0.15) is 0 Å². The van der Waals surface area contributed by atoms with Crippen molar-refractivity contribution in [3.63, 3.8) is 0 Å². The highest BCUT2D eigenvalue weighted by Crippen LogP contribution is 2.26. The van der Waals surface area contributed by atoms with Gasteiger partial charge in [-0.25, -0.2) is 0 Å². The monoisotopic (exact) mass is 445 g/mol. The molecule has 1 aliphatic heterocycles. The van der Waals surface area contributed by atoms with Crippen LogP contribution < -0.4 is 16.1 Å². The normalized spacial score (nSPS) is 14.9. The highest BCUT2D eigenvalue weighted by atomic mass is 16.5. The van der Waals surface area contributed by atoms with Gasteiger partial charge in [0.1, 0.15) is 17.2 Å². The van der Waals surface area contributed by atoms with Gasteiger partial charge in [0, 0.05) is 32.0 Å². The highest BCUT2D eigenvalue weighted by molar-refractivity contribution is 5.99. The number of carbonyl (C=O) groups excluding carboxylic acids is 2. The number of fused-ring (bicyclic) bond motifs is 1. The van der Waals surface area contributed by atoms with Crippen LogP contribution in [0.25, 0.3) is 0 Å². The molecule has 33 heavy (non-hydrogen) atoms. The van der Waals surface area contributed by atoms with E-state index in [1.807, 2.05) is 48.5 Å². The maximum Gasteiger partial charge on any atom is 0.256 e. The van der Waals surface area contributed by atoms with Crippen molar-refractivity contribution in [3.8, 4) is 0 Å². The van der Waals surface area contributed by atoms with Gasteiger partial charge < -0.3 is 19.9 Å². The summed E-state index contributed by atoms with van der Waals surface area (Å²) in [7, 11) is 0. The minimum atomic E-state index is -0.590. The summed E-state index contributed by atoms with van der Waals surface area (Å²) < 4.78 is 7.55. The molecule has 0 saturated heterocycles. The number of carbonyl (C=O) groups is 2. The van der Waals surface area contributed by atoms with Crippen LogP contribution in [0.3, 0.4) is 0 Å². The van der Waals surface area contributed by atoms with Crippen LogP contribution in [0.1, 0.15) is 50.4 Å². The van der Waals surface area contributed by atoms with E-state index in [0.717, 1.165) is 17.5 Å². The SMILES string of the molecule is CCNC(=O)c1cn(Cc2ccccc2)cc(C(=O)NCC2OCCc3ccccc32)c1=O. The van der Waals surface area contributed by atoms with Gasteiger partial charge in [-0.3, -0.25) is 14.4 Å². The molecule has 2 heterocycles. The zero-order valence-electron chi connectivity index (χ0n) is 18.5. The van der Waals surface area contributed by atoms with Gasteiger partial charge in [-0.1, -0.05) is 54.6 Å². The summed E-state index contributed by atoms with van der Waals surface area (Å²) in [6, 6.07) is 17.6. The number of hydrogen-bond donors (Lipinski definition) is 2. The number of rotatable bonds is 7. The number of ether oxygens (including phenoxy) is 1. The lowest BCUT2D eigenvalue weighted by molar-refractivity contribution is 0.0411. The Balaban J connectivity index is 1.59. The fourth-order valence-corrected chi connectivity index (χ4v) is 4.02. The molecule has 2 N–H and O–H groups in total. The first-order valence-corrected chi connectivity index (χ1v) is 11.1. The lowest BCUT2D eigenvalue weighted by Gasteiger charge is -2.26. The van der Waals surface area contributed by atoms with Gasteiger partial charge >= 0.3 is 0 Å². The van der Waals surface area contributed by atoms with Crippen molar-refractivity contribution in [1.29, 1.82) is 0 Å². The Morgan fingerprint density at radius 3 is 2.36 bits per heavy atom. The van der Waals surface area contributed by atoms with Crippen molar-refractivity contribution in [2.45, 2.75) is 26.0 Å². The van der Waals surface area contributed by atoms with E-state index in [1.165, 1.54) is 18.0 Å². The fraction of sp³-hybridized carbons (Fsp3) is 0.269. The van der Waals surface area contributed by atoms with Crippen molar-refractivity contribution in [2.24, 2.45) is 0 Å². The lowest BCUT2D eigenvalue weighted by atomic mass is 9.97. The van der Waals surface area contributed by atoms with Crippen LogP contribution in [0.5, 0.6) is 0 Å². The topological polar surface area (TPSA) is 89.4 Å². The Bertz CT molecular complexity index is 1200. The lowest BCUT2D eigenvalue weighted by Crippen LogP contribution is -2.37. The second-order valence-corrected chi connectivity index (χ2v) is 7.95. The predicted octanol–water partition coefficient (Wildman–Crippen LogP) is 2.69. The van der Waals surface area contributed by atoms with E-state index >= 15 is 0 Å². The average molecular weight is 446 g/mol. The summed E-state index contributed by atoms with van der Waals surface area (Å²) in [4.78, 5) is 38.6. The minimum Gasteiger partial charge on any atom is -0.371 e. The van der Waals surface area contributed by atoms with Crippen LogP contribution in [-0.4, -0.2) is 36.1 Å². The Morgan fingerprint density at radius 1 is 0.970 bits per heavy atom. The third-order valence-electron chi connectivity index (χ3n) is 5.65. The Kier molecular flexibility index (Phi) is 7.00. The van der Waals surface area contributed by atoms with Crippen LogP contribution in [0.2, 0.25) is 0 Å². The molecule has 1 aliphatic rings. The van der Waals surface area contributed by atoms with E-state index in [2.05, 4.69) is 16.7 Å². The van der Waals surface area contributed by atoms with E-state index in [0.29, 0.717) is 19.7 Å². The number of aromatic nitrogens is 1. The van der Waals surface area contributed by atoms with Crippen LogP contribution in [0.15, 0.2) is 71.8 Å². The molecular formula is C26H27N3O4. The molecule has 4 rings (SSSR count). The van der Waals surface area contributed by atoms with E-state index in [1.54, 1.807) is 11.5 Å². The molecule has 0 aliphatic carbocycles. The van der Waals surface area contributed by atoms with E-state index < -0.39 is 17.2 Å². The van der Waals surface area contributed by atoms with Gasteiger partial charge in [0.25, 0.3) is 11.8 Å². The molecule has 0 saturated carbocycles. The first-order chi connectivity index (χ1) is 16.1. The smallest absolute Gasteiger partial charge is 0.256 e. The zero-order chi connectivity index (χ0) is 23.2. The molecule has 1 atom stereocenters. The molecule has 7 nitrogen and oxygen atoms in total. The van der Waals surface area contributed by atoms with Gasteiger partial charge in [-0.15, -0.1) is 0 Å². The molecule has 1 aromatic heterocycles. The third kappa shape index (κ3) is 5.21. The number of benzene rings is 2. The first-order valence-electron chi connectivity index (χ1n) is 11.1. The van der Waals surface area contributed by atoms with Crippen molar-refractivity contribution in [3.05, 3.63) is 105 Å².